The molecule has 6 heteroatoms. The monoisotopic (exact) mass is 515 g/mol. The number of carbonyl (C=O) groups excluding carboxylic acids is 3. The van der Waals surface area contributed by atoms with Crippen molar-refractivity contribution in [3.8, 4) is 0 Å². The quantitative estimate of drug-likeness (QED) is 0.367. The number of nitrogens with zero attached hydrogens (tertiary/aromatic N) is 1. The number of hydrogen-bond donors (Lipinski definition) is 1. The number of rotatable bonds is 7. The molecule has 5 aliphatic rings. The first-order valence-corrected chi connectivity index (χ1v) is 15.4. The fraction of sp³-hybridized carbons (Fsp3) is 0.903. The summed E-state index contributed by atoms with van der Waals surface area (Å²) in [5.74, 6) is 2.91. The minimum Gasteiger partial charge on any atom is -0.466 e. The molecule has 1 amide bonds. The Hall–Kier alpha value is -1.43. The average Bonchev–Trinajstić information content (AvgIpc) is 3.20. The van der Waals surface area contributed by atoms with Crippen LogP contribution in [0.5, 0.6) is 0 Å². The van der Waals surface area contributed by atoms with Crippen LogP contribution in [-0.4, -0.2) is 53.5 Å². The topological polar surface area (TPSA) is 83.9 Å². The molecule has 4 aliphatic carbocycles. The molecule has 0 spiro atoms. The van der Waals surface area contributed by atoms with Crippen LogP contribution in [0.25, 0.3) is 0 Å². The standard InChI is InChI=1S/C31H49NO5/c1-30-14-12-23(33)20-22(30)19-21(29-24-9-10-26(34)31(24,2)15-13-25(29)30)8-11-28(36)37-18-6-7-27(35)32-16-4-3-5-17-32/h21-22,24-26,29,34H,3-20H2,1-2H3. The van der Waals surface area contributed by atoms with Gasteiger partial charge in [0.1, 0.15) is 5.78 Å². The van der Waals surface area contributed by atoms with E-state index in [0.29, 0.717) is 67.7 Å². The number of piperidine rings is 1. The van der Waals surface area contributed by atoms with Gasteiger partial charge in [-0.3, -0.25) is 14.4 Å². The van der Waals surface area contributed by atoms with Gasteiger partial charge in [0.2, 0.25) is 5.91 Å². The van der Waals surface area contributed by atoms with E-state index in [1.807, 2.05) is 4.90 Å². The molecule has 1 heterocycles. The summed E-state index contributed by atoms with van der Waals surface area (Å²) < 4.78 is 5.57. The Morgan fingerprint density at radius 2 is 1.76 bits per heavy atom. The van der Waals surface area contributed by atoms with Crippen molar-refractivity contribution < 1.29 is 24.2 Å². The van der Waals surface area contributed by atoms with Gasteiger partial charge in [0.15, 0.2) is 0 Å². The number of aliphatic hydroxyl groups excluding tert-OH is 1. The second-order valence-corrected chi connectivity index (χ2v) is 13.7. The number of aliphatic hydroxyl groups is 1. The number of carbonyl (C=O) groups is 3. The van der Waals surface area contributed by atoms with Crippen molar-refractivity contribution in [1.29, 1.82) is 0 Å². The van der Waals surface area contributed by atoms with Crippen molar-refractivity contribution in [2.24, 2.45) is 40.4 Å². The number of hydrogen-bond acceptors (Lipinski definition) is 5. The molecule has 0 aromatic heterocycles. The van der Waals surface area contributed by atoms with Crippen molar-refractivity contribution in [3.63, 3.8) is 0 Å². The van der Waals surface area contributed by atoms with Gasteiger partial charge in [-0.2, -0.15) is 0 Å². The fourth-order valence-electron chi connectivity index (χ4n) is 9.58. The SMILES string of the molecule is CC12CCC3C(C(CCC(=O)OCCCC(=O)N4CCCCC4)CC4CC(=O)CCC43C)C1CCC2O. The predicted molar refractivity (Wildman–Crippen MR) is 141 cm³/mol. The van der Waals surface area contributed by atoms with Crippen molar-refractivity contribution >= 4 is 17.7 Å². The molecule has 5 rings (SSSR count). The highest BCUT2D eigenvalue weighted by Gasteiger charge is 2.62. The Morgan fingerprint density at radius 3 is 2.54 bits per heavy atom. The third-order valence-corrected chi connectivity index (χ3v) is 11.8. The summed E-state index contributed by atoms with van der Waals surface area (Å²) in [5.41, 5.74) is 0.208. The number of esters is 1. The zero-order valence-corrected chi connectivity index (χ0v) is 23.2. The summed E-state index contributed by atoms with van der Waals surface area (Å²) in [5, 5.41) is 10.9. The van der Waals surface area contributed by atoms with Crippen LogP contribution in [0.4, 0.5) is 0 Å². The Balaban J connectivity index is 1.18. The Kier molecular flexibility index (Phi) is 8.06. The molecule has 8 unspecified atom stereocenters. The maximum absolute atomic E-state index is 12.7. The first kappa shape index (κ1) is 27.1. The normalized spacial score (nSPS) is 41.5. The fourth-order valence-corrected chi connectivity index (χ4v) is 9.58. The molecule has 37 heavy (non-hydrogen) atoms. The van der Waals surface area contributed by atoms with Crippen LogP contribution in [0.2, 0.25) is 0 Å². The molecule has 5 fully saturated rings. The van der Waals surface area contributed by atoms with Crippen LogP contribution in [0.1, 0.15) is 110 Å². The maximum atomic E-state index is 12.7. The third kappa shape index (κ3) is 5.25. The van der Waals surface area contributed by atoms with E-state index in [1.165, 1.54) is 6.42 Å². The lowest BCUT2D eigenvalue weighted by molar-refractivity contribution is -0.159. The van der Waals surface area contributed by atoms with E-state index < -0.39 is 0 Å². The van der Waals surface area contributed by atoms with Gasteiger partial charge in [0, 0.05) is 38.8 Å². The third-order valence-electron chi connectivity index (χ3n) is 11.8. The molecular formula is C31H49NO5. The van der Waals surface area contributed by atoms with Gasteiger partial charge < -0.3 is 14.7 Å². The number of Topliss-reactive ketones (excluding diaryl/α,β-unsaturated/α-hetero) is 1. The first-order valence-electron chi connectivity index (χ1n) is 15.4. The van der Waals surface area contributed by atoms with Gasteiger partial charge in [-0.05, 0) is 111 Å². The summed E-state index contributed by atoms with van der Waals surface area (Å²) in [6.45, 7) is 6.80. The van der Waals surface area contributed by atoms with Crippen LogP contribution in [0.15, 0.2) is 0 Å². The van der Waals surface area contributed by atoms with Crippen molar-refractivity contribution in [1.82, 2.24) is 4.90 Å². The van der Waals surface area contributed by atoms with Gasteiger partial charge in [0.25, 0.3) is 0 Å². The van der Waals surface area contributed by atoms with E-state index in [2.05, 4.69) is 13.8 Å². The van der Waals surface area contributed by atoms with Gasteiger partial charge in [0.05, 0.1) is 12.7 Å². The van der Waals surface area contributed by atoms with E-state index >= 15 is 0 Å². The molecule has 8 atom stereocenters. The molecule has 1 saturated heterocycles. The summed E-state index contributed by atoms with van der Waals surface area (Å²) in [7, 11) is 0. The summed E-state index contributed by atoms with van der Waals surface area (Å²) in [6.07, 6.45) is 13.1. The Bertz CT molecular complexity index is 868. The van der Waals surface area contributed by atoms with Crippen molar-refractivity contribution in [2.75, 3.05) is 19.7 Å². The molecule has 6 nitrogen and oxygen atoms in total. The molecule has 208 valence electrons. The zero-order chi connectivity index (χ0) is 26.2. The van der Waals surface area contributed by atoms with Crippen LogP contribution in [0, 0.1) is 40.4 Å². The van der Waals surface area contributed by atoms with Crippen LogP contribution in [0.3, 0.4) is 0 Å². The van der Waals surface area contributed by atoms with E-state index in [4.69, 9.17) is 4.74 Å². The highest BCUT2D eigenvalue weighted by molar-refractivity contribution is 5.79. The number of ether oxygens (including phenoxy) is 1. The van der Waals surface area contributed by atoms with E-state index in [9.17, 15) is 19.5 Å². The molecule has 1 aliphatic heterocycles. The number of ketones is 1. The molecule has 0 aromatic carbocycles. The molecule has 1 N–H and O–H groups in total. The zero-order valence-electron chi connectivity index (χ0n) is 23.2. The molecule has 4 saturated carbocycles. The number of fused-ring (bicyclic) bond motifs is 5. The lowest BCUT2D eigenvalue weighted by atomic mass is 9.42. The highest BCUT2D eigenvalue weighted by Crippen LogP contribution is 2.67. The molecule has 0 radical (unpaired) electrons. The largest absolute Gasteiger partial charge is 0.466 e. The summed E-state index contributed by atoms with van der Waals surface area (Å²) >= 11 is 0. The van der Waals surface area contributed by atoms with Gasteiger partial charge in [-0.15, -0.1) is 0 Å². The highest BCUT2D eigenvalue weighted by atomic mass is 16.5. The summed E-state index contributed by atoms with van der Waals surface area (Å²) in [4.78, 5) is 39.5. The van der Waals surface area contributed by atoms with Crippen LogP contribution in [-0.2, 0) is 19.1 Å². The van der Waals surface area contributed by atoms with Crippen LogP contribution >= 0.6 is 0 Å². The molecular weight excluding hydrogens is 466 g/mol. The minimum absolute atomic E-state index is 0.00545. The van der Waals surface area contributed by atoms with E-state index in [0.717, 1.165) is 77.3 Å². The summed E-state index contributed by atoms with van der Waals surface area (Å²) in [6, 6.07) is 0. The first-order chi connectivity index (χ1) is 17.7. The van der Waals surface area contributed by atoms with Gasteiger partial charge >= 0.3 is 5.97 Å². The number of likely N-dealkylation sites (tertiary alicyclic amines) is 1. The second-order valence-electron chi connectivity index (χ2n) is 13.7. The molecule has 0 bridgehead atoms. The van der Waals surface area contributed by atoms with Crippen molar-refractivity contribution in [3.05, 3.63) is 0 Å². The Labute approximate surface area is 223 Å². The lowest BCUT2D eigenvalue weighted by Gasteiger charge is -2.62. The minimum atomic E-state index is -0.213. The lowest BCUT2D eigenvalue weighted by Crippen LogP contribution is -2.57. The Morgan fingerprint density at radius 1 is 1.00 bits per heavy atom. The van der Waals surface area contributed by atoms with Crippen LogP contribution < -0.4 is 0 Å². The maximum Gasteiger partial charge on any atom is 0.305 e. The van der Waals surface area contributed by atoms with E-state index in [1.54, 1.807) is 0 Å². The smallest absolute Gasteiger partial charge is 0.305 e. The number of amides is 1. The van der Waals surface area contributed by atoms with Gasteiger partial charge in [-0.1, -0.05) is 13.8 Å². The predicted octanol–water partition coefficient (Wildman–Crippen LogP) is 5.30. The molecule has 0 aromatic rings. The van der Waals surface area contributed by atoms with E-state index in [-0.39, 0.29) is 28.8 Å². The average molecular weight is 516 g/mol. The van der Waals surface area contributed by atoms with Crippen molar-refractivity contribution in [2.45, 2.75) is 116 Å². The second kappa shape index (κ2) is 11.0. The van der Waals surface area contributed by atoms with Gasteiger partial charge in [-0.25, -0.2) is 0 Å².